The van der Waals surface area contributed by atoms with Crippen LogP contribution in [0.25, 0.3) is 16.6 Å². The highest BCUT2D eigenvalue weighted by atomic mass is 16.4. The SMILES string of the molecule is Cc1c(C(=O)NCCCCC(=O)O)nnn1-c1ccc2ncccc2c1. The largest absolute Gasteiger partial charge is 0.481 e. The molecule has 0 bridgehead atoms. The van der Waals surface area contributed by atoms with Gasteiger partial charge >= 0.3 is 5.97 Å². The first-order valence-electron chi connectivity index (χ1n) is 8.33. The van der Waals surface area contributed by atoms with Crippen molar-refractivity contribution in [3.05, 3.63) is 47.9 Å². The van der Waals surface area contributed by atoms with Gasteiger partial charge in [-0.3, -0.25) is 14.6 Å². The summed E-state index contributed by atoms with van der Waals surface area (Å²) in [6.45, 7) is 2.19. The van der Waals surface area contributed by atoms with Gasteiger partial charge in [0, 0.05) is 24.5 Å². The maximum Gasteiger partial charge on any atom is 0.303 e. The van der Waals surface area contributed by atoms with Crippen LogP contribution in [-0.2, 0) is 4.79 Å². The van der Waals surface area contributed by atoms with Crippen molar-refractivity contribution in [2.75, 3.05) is 6.54 Å². The summed E-state index contributed by atoms with van der Waals surface area (Å²) in [6.07, 6.45) is 2.96. The lowest BCUT2D eigenvalue weighted by Gasteiger charge is -2.06. The van der Waals surface area contributed by atoms with Gasteiger partial charge in [0.1, 0.15) is 0 Å². The normalized spacial score (nSPS) is 10.8. The molecule has 1 aromatic carbocycles. The molecule has 0 spiro atoms. The Morgan fingerprint density at radius 1 is 1.23 bits per heavy atom. The molecule has 0 atom stereocenters. The quantitative estimate of drug-likeness (QED) is 0.630. The van der Waals surface area contributed by atoms with Gasteiger partial charge in [-0.2, -0.15) is 0 Å². The molecule has 0 aliphatic heterocycles. The molecular formula is C18H19N5O3. The maximum atomic E-state index is 12.3. The van der Waals surface area contributed by atoms with E-state index in [1.807, 2.05) is 30.3 Å². The Morgan fingerprint density at radius 2 is 2.08 bits per heavy atom. The minimum atomic E-state index is -0.833. The summed E-state index contributed by atoms with van der Waals surface area (Å²) in [5.41, 5.74) is 2.58. The number of hydrogen-bond acceptors (Lipinski definition) is 5. The first kappa shape index (κ1) is 17.5. The summed E-state index contributed by atoms with van der Waals surface area (Å²) in [4.78, 5) is 27.0. The van der Waals surface area contributed by atoms with Crippen LogP contribution in [0, 0.1) is 6.92 Å². The average Bonchev–Trinajstić information content (AvgIpc) is 3.02. The molecule has 8 heteroatoms. The third kappa shape index (κ3) is 3.85. The summed E-state index contributed by atoms with van der Waals surface area (Å²) >= 11 is 0. The molecule has 0 aliphatic rings. The van der Waals surface area contributed by atoms with Crippen LogP contribution in [0.2, 0.25) is 0 Å². The Hall–Kier alpha value is -3.29. The van der Waals surface area contributed by atoms with Crippen LogP contribution in [0.3, 0.4) is 0 Å². The summed E-state index contributed by atoms with van der Waals surface area (Å²) in [5, 5.41) is 20.4. The lowest BCUT2D eigenvalue weighted by Crippen LogP contribution is -2.25. The fourth-order valence-corrected chi connectivity index (χ4v) is 2.67. The number of fused-ring (bicyclic) bond motifs is 1. The second-order valence-electron chi connectivity index (χ2n) is 5.92. The van der Waals surface area contributed by atoms with E-state index in [1.165, 1.54) is 0 Å². The highest BCUT2D eigenvalue weighted by molar-refractivity contribution is 5.93. The predicted molar refractivity (Wildman–Crippen MR) is 95.2 cm³/mol. The molecule has 0 radical (unpaired) electrons. The molecule has 0 saturated carbocycles. The van der Waals surface area contributed by atoms with Crippen molar-refractivity contribution < 1.29 is 14.7 Å². The van der Waals surface area contributed by atoms with Crippen molar-refractivity contribution in [2.45, 2.75) is 26.2 Å². The number of unbranched alkanes of at least 4 members (excludes halogenated alkanes) is 1. The topological polar surface area (TPSA) is 110 Å². The van der Waals surface area contributed by atoms with Crippen LogP contribution < -0.4 is 5.32 Å². The van der Waals surface area contributed by atoms with Crippen LogP contribution in [0.1, 0.15) is 35.4 Å². The number of aromatic nitrogens is 4. The van der Waals surface area contributed by atoms with E-state index >= 15 is 0 Å². The standard InChI is InChI=1S/C18H19N5O3/c1-12-17(18(26)20-9-3-2-6-16(24)25)21-22-23(12)14-7-8-15-13(11-14)5-4-10-19-15/h4-5,7-8,10-11H,2-3,6,9H2,1H3,(H,20,26)(H,24,25). The summed E-state index contributed by atoms with van der Waals surface area (Å²) < 4.78 is 1.62. The van der Waals surface area contributed by atoms with Crippen molar-refractivity contribution >= 4 is 22.8 Å². The van der Waals surface area contributed by atoms with Crippen LogP contribution in [0.5, 0.6) is 0 Å². The lowest BCUT2D eigenvalue weighted by molar-refractivity contribution is -0.137. The van der Waals surface area contributed by atoms with Gasteiger partial charge in [-0.1, -0.05) is 11.3 Å². The van der Waals surface area contributed by atoms with Crippen molar-refractivity contribution in [3.63, 3.8) is 0 Å². The van der Waals surface area contributed by atoms with Crippen LogP contribution in [-0.4, -0.2) is 43.5 Å². The van der Waals surface area contributed by atoms with Crippen LogP contribution >= 0.6 is 0 Å². The van der Waals surface area contributed by atoms with E-state index in [0.29, 0.717) is 25.1 Å². The fourth-order valence-electron chi connectivity index (χ4n) is 2.67. The molecule has 2 N–H and O–H groups in total. The predicted octanol–water partition coefficient (Wildman–Crippen LogP) is 2.11. The molecule has 0 aliphatic carbocycles. The molecule has 0 fully saturated rings. The summed E-state index contributed by atoms with van der Waals surface area (Å²) in [7, 11) is 0. The Labute approximate surface area is 149 Å². The highest BCUT2D eigenvalue weighted by Crippen LogP contribution is 2.18. The van der Waals surface area contributed by atoms with Gasteiger partial charge < -0.3 is 10.4 Å². The number of rotatable bonds is 7. The van der Waals surface area contributed by atoms with E-state index < -0.39 is 5.97 Å². The molecule has 0 saturated heterocycles. The molecule has 1 amide bonds. The van der Waals surface area contributed by atoms with Gasteiger partial charge in [0.15, 0.2) is 5.69 Å². The summed E-state index contributed by atoms with van der Waals surface area (Å²) in [5.74, 6) is -1.15. The highest BCUT2D eigenvalue weighted by Gasteiger charge is 2.17. The van der Waals surface area contributed by atoms with E-state index in [1.54, 1.807) is 17.8 Å². The van der Waals surface area contributed by atoms with Crippen molar-refractivity contribution in [2.24, 2.45) is 0 Å². The number of amides is 1. The molecule has 3 rings (SSSR count). The number of nitrogens with one attached hydrogen (secondary N) is 1. The molecule has 2 aromatic heterocycles. The number of carboxylic acids is 1. The Morgan fingerprint density at radius 3 is 2.88 bits per heavy atom. The molecule has 3 aromatic rings. The Bertz CT molecular complexity index is 951. The number of benzene rings is 1. The first-order valence-corrected chi connectivity index (χ1v) is 8.33. The zero-order valence-corrected chi connectivity index (χ0v) is 14.3. The zero-order valence-electron chi connectivity index (χ0n) is 14.3. The van der Waals surface area contributed by atoms with E-state index in [0.717, 1.165) is 16.6 Å². The number of hydrogen-bond donors (Lipinski definition) is 2. The fraction of sp³-hybridized carbons (Fsp3) is 0.278. The Kier molecular flexibility index (Phi) is 5.21. The molecule has 134 valence electrons. The number of nitrogens with zero attached hydrogens (tertiary/aromatic N) is 4. The summed E-state index contributed by atoms with van der Waals surface area (Å²) in [6, 6.07) is 9.54. The van der Waals surface area contributed by atoms with Crippen LogP contribution in [0.4, 0.5) is 0 Å². The van der Waals surface area contributed by atoms with Gasteiger partial charge in [-0.15, -0.1) is 5.10 Å². The number of pyridine rings is 1. The Balaban J connectivity index is 1.70. The molecule has 0 unspecified atom stereocenters. The van der Waals surface area contributed by atoms with Crippen molar-refractivity contribution in [3.8, 4) is 5.69 Å². The number of carboxylic acid groups (broad SMARTS) is 1. The van der Waals surface area contributed by atoms with Gasteiger partial charge in [-0.05, 0) is 44.0 Å². The average molecular weight is 353 g/mol. The molecule has 26 heavy (non-hydrogen) atoms. The smallest absolute Gasteiger partial charge is 0.303 e. The minimum Gasteiger partial charge on any atom is -0.481 e. The van der Waals surface area contributed by atoms with Gasteiger partial charge in [0.05, 0.1) is 16.9 Å². The monoisotopic (exact) mass is 353 g/mol. The third-order valence-electron chi connectivity index (χ3n) is 4.04. The first-order chi connectivity index (χ1) is 12.6. The molecule has 2 heterocycles. The third-order valence-corrected chi connectivity index (χ3v) is 4.04. The van der Waals surface area contributed by atoms with E-state index in [4.69, 9.17) is 5.11 Å². The number of aliphatic carboxylic acids is 1. The van der Waals surface area contributed by atoms with E-state index in [-0.39, 0.29) is 18.0 Å². The second-order valence-corrected chi connectivity index (χ2v) is 5.92. The van der Waals surface area contributed by atoms with Crippen molar-refractivity contribution in [1.82, 2.24) is 25.3 Å². The lowest BCUT2D eigenvalue weighted by atomic mass is 10.2. The van der Waals surface area contributed by atoms with Crippen molar-refractivity contribution in [1.29, 1.82) is 0 Å². The van der Waals surface area contributed by atoms with Gasteiger partial charge in [-0.25, -0.2) is 4.68 Å². The van der Waals surface area contributed by atoms with Crippen LogP contribution in [0.15, 0.2) is 36.5 Å². The van der Waals surface area contributed by atoms with E-state index in [2.05, 4.69) is 20.6 Å². The zero-order chi connectivity index (χ0) is 18.5. The second kappa shape index (κ2) is 7.73. The van der Waals surface area contributed by atoms with Gasteiger partial charge in [0.25, 0.3) is 5.91 Å². The van der Waals surface area contributed by atoms with Gasteiger partial charge in [0.2, 0.25) is 0 Å². The minimum absolute atomic E-state index is 0.0991. The molecule has 8 nitrogen and oxygen atoms in total. The molecular weight excluding hydrogens is 334 g/mol. The maximum absolute atomic E-state index is 12.3. The van der Waals surface area contributed by atoms with E-state index in [9.17, 15) is 9.59 Å². The number of carbonyl (C=O) groups excluding carboxylic acids is 1. The number of carbonyl (C=O) groups is 2.